The van der Waals surface area contributed by atoms with Crippen molar-refractivity contribution in [2.24, 2.45) is 11.8 Å². The first kappa shape index (κ1) is 22.8. The van der Waals surface area contributed by atoms with Crippen LogP contribution in [0, 0.1) is 18.8 Å². The van der Waals surface area contributed by atoms with Crippen molar-refractivity contribution in [3.05, 3.63) is 41.5 Å². The van der Waals surface area contributed by atoms with Crippen LogP contribution in [0.2, 0.25) is 0 Å². The molecule has 0 amide bonds. The molecule has 2 aromatic rings. The zero-order valence-corrected chi connectivity index (χ0v) is 20.4. The molecular weight excluding hydrogens is 416 g/mol. The molecule has 7 heteroatoms. The molecule has 6 nitrogen and oxygen atoms in total. The summed E-state index contributed by atoms with van der Waals surface area (Å²) in [5, 5.41) is 7.09. The topological polar surface area (TPSA) is 56.3 Å². The minimum atomic E-state index is 0.549. The fourth-order valence-electron chi connectivity index (χ4n) is 4.81. The van der Waals surface area contributed by atoms with E-state index in [2.05, 4.69) is 71.5 Å². The molecule has 3 heterocycles. The van der Waals surface area contributed by atoms with Crippen LogP contribution < -0.4 is 20.4 Å². The normalized spacial score (nSPS) is 21.3. The van der Waals surface area contributed by atoms with Crippen molar-refractivity contribution in [3.8, 4) is 0 Å². The van der Waals surface area contributed by atoms with E-state index in [0.29, 0.717) is 29.4 Å². The van der Waals surface area contributed by atoms with Gasteiger partial charge in [-0.15, -0.1) is 0 Å². The third-order valence-electron chi connectivity index (χ3n) is 6.37. The third-order valence-corrected chi connectivity index (χ3v) is 6.62. The van der Waals surface area contributed by atoms with Gasteiger partial charge in [0.25, 0.3) is 0 Å². The quantitative estimate of drug-likeness (QED) is 0.635. The molecule has 0 unspecified atom stereocenters. The monoisotopic (exact) mass is 452 g/mol. The molecule has 2 saturated heterocycles. The first-order valence-corrected chi connectivity index (χ1v) is 12.4. The van der Waals surface area contributed by atoms with Gasteiger partial charge in [0.05, 0.1) is 0 Å². The summed E-state index contributed by atoms with van der Waals surface area (Å²) in [6.45, 7) is 11.6. The third kappa shape index (κ3) is 6.09. The van der Waals surface area contributed by atoms with Crippen LogP contribution in [0.4, 0.5) is 17.6 Å². The lowest BCUT2D eigenvalue weighted by Crippen LogP contribution is -2.40. The SMILES string of the molecule is Cc1ccc(CNC(=S)Nc2nc(N3CCCCC3)cc(N3C[C@H](C)C[C@H](C)C3)n2)cc1. The van der Waals surface area contributed by atoms with Gasteiger partial charge in [-0.05, 0) is 62.2 Å². The van der Waals surface area contributed by atoms with Gasteiger partial charge in [-0.25, -0.2) is 0 Å². The fourth-order valence-corrected chi connectivity index (χ4v) is 4.97. The van der Waals surface area contributed by atoms with E-state index in [1.807, 2.05) is 0 Å². The van der Waals surface area contributed by atoms with E-state index in [-0.39, 0.29) is 0 Å². The number of aryl methyl sites for hydroxylation is 1. The number of hydrogen-bond acceptors (Lipinski definition) is 5. The highest BCUT2D eigenvalue weighted by atomic mass is 32.1. The van der Waals surface area contributed by atoms with Crippen LogP contribution in [0.5, 0.6) is 0 Å². The Hall–Kier alpha value is -2.41. The van der Waals surface area contributed by atoms with Crippen molar-refractivity contribution < 1.29 is 0 Å². The number of nitrogens with zero attached hydrogens (tertiary/aromatic N) is 4. The minimum Gasteiger partial charge on any atom is -0.358 e. The van der Waals surface area contributed by atoms with Gasteiger partial charge in [-0.3, -0.25) is 0 Å². The van der Waals surface area contributed by atoms with Gasteiger partial charge in [-0.2, -0.15) is 9.97 Å². The summed E-state index contributed by atoms with van der Waals surface area (Å²) in [7, 11) is 0. The number of aromatic nitrogens is 2. The van der Waals surface area contributed by atoms with Gasteiger partial charge in [0.2, 0.25) is 5.95 Å². The molecule has 0 aliphatic carbocycles. The second kappa shape index (κ2) is 10.5. The maximum Gasteiger partial charge on any atom is 0.232 e. The molecule has 172 valence electrons. The van der Waals surface area contributed by atoms with E-state index >= 15 is 0 Å². The summed E-state index contributed by atoms with van der Waals surface area (Å²) in [4.78, 5) is 14.5. The number of thiocarbonyl (C=S) groups is 1. The number of hydrogen-bond donors (Lipinski definition) is 2. The van der Waals surface area contributed by atoms with E-state index in [9.17, 15) is 0 Å². The lowest BCUT2D eigenvalue weighted by atomic mass is 9.92. The van der Waals surface area contributed by atoms with E-state index in [1.54, 1.807) is 0 Å². The maximum absolute atomic E-state index is 5.57. The maximum atomic E-state index is 5.57. The van der Waals surface area contributed by atoms with Gasteiger partial charge in [0, 0.05) is 38.8 Å². The number of benzene rings is 1. The number of nitrogens with one attached hydrogen (secondary N) is 2. The van der Waals surface area contributed by atoms with Crippen LogP contribution in [0.3, 0.4) is 0 Å². The van der Waals surface area contributed by atoms with Gasteiger partial charge < -0.3 is 20.4 Å². The molecule has 0 bridgehead atoms. The molecular formula is C25H36N6S. The van der Waals surface area contributed by atoms with Crippen LogP contribution in [-0.4, -0.2) is 41.3 Å². The van der Waals surface area contributed by atoms with Crippen molar-refractivity contribution >= 4 is 34.9 Å². The van der Waals surface area contributed by atoms with Crippen LogP contribution in [0.25, 0.3) is 0 Å². The van der Waals surface area contributed by atoms with Gasteiger partial charge in [0.15, 0.2) is 5.11 Å². The van der Waals surface area contributed by atoms with Crippen molar-refractivity contribution in [2.45, 2.75) is 53.0 Å². The molecule has 1 aromatic carbocycles. The summed E-state index contributed by atoms with van der Waals surface area (Å²) >= 11 is 5.57. The number of piperidine rings is 2. The first-order chi connectivity index (χ1) is 15.5. The Balaban J connectivity index is 1.50. The van der Waals surface area contributed by atoms with Crippen molar-refractivity contribution in [1.82, 2.24) is 15.3 Å². The highest BCUT2D eigenvalue weighted by Gasteiger charge is 2.25. The van der Waals surface area contributed by atoms with E-state index in [0.717, 1.165) is 37.8 Å². The Labute approximate surface area is 197 Å². The Kier molecular flexibility index (Phi) is 7.45. The molecule has 2 atom stereocenters. The molecule has 0 spiro atoms. The molecule has 4 rings (SSSR count). The molecule has 2 N–H and O–H groups in total. The average Bonchev–Trinajstić information content (AvgIpc) is 2.78. The molecule has 32 heavy (non-hydrogen) atoms. The predicted molar refractivity (Wildman–Crippen MR) is 137 cm³/mol. The van der Waals surface area contributed by atoms with Gasteiger partial charge in [0.1, 0.15) is 11.6 Å². The van der Waals surface area contributed by atoms with Crippen LogP contribution in [-0.2, 0) is 6.54 Å². The Morgan fingerprint density at radius 2 is 1.59 bits per heavy atom. The van der Waals surface area contributed by atoms with Crippen molar-refractivity contribution in [3.63, 3.8) is 0 Å². The molecule has 2 fully saturated rings. The second-order valence-corrected chi connectivity index (χ2v) is 10.0. The van der Waals surface area contributed by atoms with E-state index in [1.165, 1.54) is 36.8 Å². The molecule has 0 saturated carbocycles. The van der Waals surface area contributed by atoms with Crippen LogP contribution in [0.1, 0.15) is 50.7 Å². The van der Waals surface area contributed by atoms with Gasteiger partial charge >= 0.3 is 0 Å². The fraction of sp³-hybridized carbons (Fsp3) is 0.560. The molecule has 2 aliphatic heterocycles. The van der Waals surface area contributed by atoms with Gasteiger partial charge in [-0.1, -0.05) is 43.7 Å². The summed E-state index contributed by atoms with van der Waals surface area (Å²) in [5.74, 6) is 3.92. The number of anilines is 3. The van der Waals surface area contributed by atoms with Crippen molar-refractivity contribution in [1.29, 1.82) is 0 Å². The predicted octanol–water partition coefficient (Wildman–Crippen LogP) is 4.74. The van der Waals surface area contributed by atoms with E-state index < -0.39 is 0 Å². The van der Waals surface area contributed by atoms with E-state index in [4.69, 9.17) is 22.2 Å². The minimum absolute atomic E-state index is 0.549. The highest BCUT2D eigenvalue weighted by molar-refractivity contribution is 7.80. The van der Waals surface area contributed by atoms with Crippen molar-refractivity contribution in [2.75, 3.05) is 41.3 Å². The summed E-state index contributed by atoms with van der Waals surface area (Å²) in [5.41, 5.74) is 2.45. The first-order valence-electron chi connectivity index (χ1n) is 12.0. The van der Waals surface area contributed by atoms with Crippen LogP contribution >= 0.6 is 12.2 Å². The Morgan fingerprint density at radius 1 is 0.969 bits per heavy atom. The standard InChI is InChI=1S/C25H36N6S/c1-18-7-9-21(10-8-18)15-26-25(32)29-24-27-22(30-11-5-4-6-12-30)14-23(28-24)31-16-19(2)13-20(3)17-31/h7-10,14,19-20H,4-6,11-13,15-17H2,1-3H3,(H2,26,27,28,29,32)/t19-,20+. The lowest BCUT2D eigenvalue weighted by molar-refractivity contribution is 0.355. The Bertz CT molecular complexity index is 899. The molecule has 1 aromatic heterocycles. The zero-order chi connectivity index (χ0) is 22.5. The van der Waals surface area contributed by atoms with Crippen LogP contribution in [0.15, 0.2) is 30.3 Å². The smallest absolute Gasteiger partial charge is 0.232 e. The number of rotatable bonds is 5. The highest BCUT2D eigenvalue weighted by Crippen LogP contribution is 2.29. The summed E-state index contributed by atoms with van der Waals surface area (Å²) in [6, 6.07) is 10.6. The lowest BCUT2D eigenvalue weighted by Gasteiger charge is -2.36. The molecule has 0 radical (unpaired) electrons. The Morgan fingerprint density at radius 3 is 2.25 bits per heavy atom. The largest absolute Gasteiger partial charge is 0.358 e. The summed E-state index contributed by atoms with van der Waals surface area (Å²) in [6.07, 6.45) is 5.01. The average molecular weight is 453 g/mol. The summed E-state index contributed by atoms with van der Waals surface area (Å²) < 4.78 is 0. The second-order valence-electron chi connectivity index (χ2n) is 9.60. The molecule has 2 aliphatic rings. The zero-order valence-electron chi connectivity index (χ0n) is 19.6.